The molecule has 1 heterocycles. The molecule has 4 nitrogen and oxygen atoms in total. The van der Waals surface area contributed by atoms with E-state index in [0.717, 1.165) is 37.8 Å². The number of aryl methyl sites for hydroxylation is 2. The van der Waals surface area contributed by atoms with E-state index in [4.69, 9.17) is 0 Å². The maximum absolute atomic E-state index is 12.6. The Morgan fingerprint density at radius 3 is 2.66 bits per heavy atom. The molecule has 0 spiro atoms. The summed E-state index contributed by atoms with van der Waals surface area (Å²) in [5, 5.41) is 12.9. The average molecular weight is 393 g/mol. The second-order valence-corrected chi connectivity index (χ2v) is 8.17. The van der Waals surface area contributed by atoms with Crippen LogP contribution in [0.3, 0.4) is 0 Å². The summed E-state index contributed by atoms with van der Waals surface area (Å²) in [7, 11) is 0. The highest BCUT2D eigenvalue weighted by Gasteiger charge is 2.26. The third kappa shape index (κ3) is 6.91. The van der Waals surface area contributed by atoms with Crippen LogP contribution in [0.25, 0.3) is 0 Å². The van der Waals surface area contributed by atoms with Gasteiger partial charge in [0, 0.05) is 12.1 Å². The zero-order chi connectivity index (χ0) is 20.5. The van der Waals surface area contributed by atoms with Crippen molar-refractivity contribution in [2.24, 2.45) is 16.8 Å². The van der Waals surface area contributed by atoms with Gasteiger partial charge in [-0.15, -0.1) is 0 Å². The van der Waals surface area contributed by atoms with E-state index in [0.29, 0.717) is 12.3 Å². The number of rotatable bonds is 8. The highest BCUT2D eigenvalue weighted by atomic mass is 16.3. The largest absolute Gasteiger partial charge is 0.396 e. The van der Waals surface area contributed by atoms with E-state index in [1.54, 1.807) is 6.21 Å². The molecule has 0 aromatic heterocycles. The molecule has 0 bridgehead atoms. The molecular formula is C25H32N2O2. The van der Waals surface area contributed by atoms with Gasteiger partial charge in [0.05, 0.1) is 12.6 Å². The van der Waals surface area contributed by atoms with Gasteiger partial charge in [-0.05, 0) is 62.6 Å². The van der Waals surface area contributed by atoms with Gasteiger partial charge in [-0.2, -0.15) is 0 Å². The number of aliphatic hydroxyl groups excluding tert-OH is 1. The Morgan fingerprint density at radius 2 is 1.93 bits per heavy atom. The van der Waals surface area contributed by atoms with Crippen LogP contribution in [0.15, 0.2) is 59.6 Å². The Morgan fingerprint density at radius 1 is 1.17 bits per heavy atom. The highest BCUT2D eigenvalue weighted by molar-refractivity contribution is 5.89. The average Bonchev–Trinajstić information content (AvgIpc) is 2.77. The Kier molecular flexibility index (Phi) is 8.14. The maximum atomic E-state index is 12.6. The van der Waals surface area contributed by atoms with Crippen molar-refractivity contribution in [3.63, 3.8) is 0 Å². The topological polar surface area (TPSA) is 61.7 Å². The first kappa shape index (κ1) is 21.4. The van der Waals surface area contributed by atoms with Gasteiger partial charge in [-0.25, -0.2) is 4.99 Å². The molecule has 1 saturated heterocycles. The summed E-state index contributed by atoms with van der Waals surface area (Å²) in [6.45, 7) is 2.95. The molecule has 1 fully saturated rings. The van der Waals surface area contributed by atoms with Gasteiger partial charge >= 0.3 is 0 Å². The van der Waals surface area contributed by atoms with Crippen molar-refractivity contribution >= 4 is 12.1 Å². The first-order valence-electron chi connectivity index (χ1n) is 10.7. The molecule has 3 atom stereocenters. The molecule has 1 unspecified atom stereocenters. The van der Waals surface area contributed by atoms with Crippen molar-refractivity contribution in [3.8, 4) is 0 Å². The van der Waals surface area contributed by atoms with E-state index in [2.05, 4.69) is 41.5 Å². The smallest absolute Gasteiger partial charge is 0.262 e. The second kappa shape index (κ2) is 11.0. The molecule has 3 rings (SSSR count). The summed E-state index contributed by atoms with van der Waals surface area (Å²) in [5.74, 6) is 0.290. The van der Waals surface area contributed by atoms with Crippen LogP contribution < -0.4 is 5.32 Å². The summed E-state index contributed by atoms with van der Waals surface area (Å²) in [4.78, 5) is 16.8. The minimum Gasteiger partial charge on any atom is -0.396 e. The van der Waals surface area contributed by atoms with Gasteiger partial charge in [-0.1, -0.05) is 60.2 Å². The van der Waals surface area contributed by atoms with Crippen LogP contribution in [0.5, 0.6) is 0 Å². The quantitative estimate of drug-likeness (QED) is 0.673. The molecule has 29 heavy (non-hydrogen) atoms. The monoisotopic (exact) mass is 392 g/mol. The van der Waals surface area contributed by atoms with E-state index in [-0.39, 0.29) is 24.5 Å². The molecule has 1 aliphatic rings. The number of piperidine rings is 1. The molecule has 4 heteroatoms. The molecule has 2 aromatic rings. The van der Waals surface area contributed by atoms with Gasteiger partial charge in [0.25, 0.3) is 5.91 Å². The van der Waals surface area contributed by atoms with Crippen molar-refractivity contribution < 1.29 is 9.90 Å². The molecule has 1 amide bonds. The Labute approximate surface area is 174 Å². The highest BCUT2D eigenvalue weighted by Crippen LogP contribution is 2.23. The fraction of sp³-hybridized carbons (Fsp3) is 0.440. The van der Waals surface area contributed by atoms with Crippen molar-refractivity contribution in [1.29, 1.82) is 0 Å². The third-order valence-corrected chi connectivity index (χ3v) is 5.76. The number of carbonyl (C=O) groups is 1. The molecule has 0 aliphatic carbocycles. The standard InChI is InChI=1S/C25H32N2O2/c1-19-7-9-20(10-8-19)11-12-22-13-14-26-24(16-22)25(29)27-17-23(18-28)15-21-5-3-2-4-6-21/h2-10,17,22-24,26,28H,11-16,18H2,1H3/t22-,23?,24+/m0/s1. The van der Waals surface area contributed by atoms with Crippen molar-refractivity contribution in [2.45, 2.75) is 45.1 Å². The van der Waals surface area contributed by atoms with E-state index >= 15 is 0 Å². The van der Waals surface area contributed by atoms with E-state index in [1.807, 2.05) is 30.3 Å². The lowest BCUT2D eigenvalue weighted by Gasteiger charge is -2.28. The number of hydrogen-bond acceptors (Lipinski definition) is 3. The van der Waals surface area contributed by atoms with E-state index in [1.165, 1.54) is 11.1 Å². The molecule has 0 radical (unpaired) electrons. The molecule has 2 N–H and O–H groups in total. The van der Waals surface area contributed by atoms with E-state index in [9.17, 15) is 9.90 Å². The number of hydrogen-bond donors (Lipinski definition) is 2. The maximum Gasteiger partial charge on any atom is 0.262 e. The van der Waals surface area contributed by atoms with Gasteiger partial charge in [0.15, 0.2) is 0 Å². The first-order valence-corrected chi connectivity index (χ1v) is 10.7. The number of benzene rings is 2. The summed E-state index contributed by atoms with van der Waals surface area (Å²) in [6.07, 6.45) is 6.42. The van der Waals surface area contributed by atoms with Gasteiger partial charge < -0.3 is 10.4 Å². The number of nitrogens with one attached hydrogen (secondary N) is 1. The number of nitrogens with zero attached hydrogens (tertiary/aromatic N) is 1. The Bertz CT molecular complexity index is 786. The van der Waals surface area contributed by atoms with Gasteiger partial charge in [0.2, 0.25) is 0 Å². The summed E-state index contributed by atoms with van der Waals surface area (Å²) in [5.41, 5.74) is 3.78. The molecular weight excluding hydrogens is 360 g/mol. The fourth-order valence-electron chi connectivity index (χ4n) is 3.92. The van der Waals surface area contributed by atoms with E-state index < -0.39 is 0 Å². The summed E-state index contributed by atoms with van der Waals surface area (Å²) < 4.78 is 0. The Balaban J connectivity index is 1.49. The van der Waals surface area contributed by atoms with Gasteiger partial charge in [0.1, 0.15) is 0 Å². The molecule has 1 aliphatic heterocycles. The van der Waals surface area contributed by atoms with Crippen LogP contribution in [0, 0.1) is 18.8 Å². The molecule has 2 aromatic carbocycles. The van der Waals surface area contributed by atoms with Gasteiger partial charge in [-0.3, -0.25) is 4.79 Å². The van der Waals surface area contributed by atoms with Crippen LogP contribution in [0.4, 0.5) is 0 Å². The number of aliphatic imine (C=N–C) groups is 1. The van der Waals surface area contributed by atoms with Crippen molar-refractivity contribution in [1.82, 2.24) is 5.32 Å². The van der Waals surface area contributed by atoms with Crippen LogP contribution in [-0.4, -0.2) is 36.4 Å². The number of amides is 1. The van der Waals surface area contributed by atoms with Crippen LogP contribution in [0.2, 0.25) is 0 Å². The normalized spacial score (nSPS) is 20.6. The summed E-state index contributed by atoms with van der Waals surface area (Å²) in [6, 6.07) is 18.5. The third-order valence-electron chi connectivity index (χ3n) is 5.76. The Hall–Kier alpha value is -2.30. The summed E-state index contributed by atoms with van der Waals surface area (Å²) >= 11 is 0. The number of carbonyl (C=O) groups excluding carboxylic acids is 1. The lowest BCUT2D eigenvalue weighted by molar-refractivity contribution is -0.120. The van der Waals surface area contributed by atoms with Crippen LogP contribution in [0.1, 0.15) is 36.0 Å². The SMILES string of the molecule is Cc1ccc(CC[C@H]2CCN[C@@H](C(=O)N=CC(CO)Cc3ccccc3)C2)cc1. The zero-order valence-electron chi connectivity index (χ0n) is 17.3. The van der Waals surface area contributed by atoms with Crippen LogP contribution >= 0.6 is 0 Å². The lowest BCUT2D eigenvalue weighted by Crippen LogP contribution is -2.43. The predicted molar refractivity (Wildman–Crippen MR) is 118 cm³/mol. The van der Waals surface area contributed by atoms with Crippen molar-refractivity contribution in [3.05, 3.63) is 71.3 Å². The second-order valence-electron chi connectivity index (χ2n) is 8.17. The number of aliphatic hydroxyl groups is 1. The zero-order valence-corrected chi connectivity index (χ0v) is 17.3. The first-order chi connectivity index (χ1) is 14.1. The lowest BCUT2D eigenvalue weighted by atomic mass is 9.87. The van der Waals surface area contributed by atoms with Crippen LogP contribution in [-0.2, 0) is 17.6 Å². The molecule has 154 valence electrons. The minimum atomic E-state index is -0.209. The molecule has 0 saturated carbocycles. The van der Waals surface area contributed by atoms with Crippen molar-refractivity contribution in [2.75, 3.05) is 13.2 Å². The predicted octanol–water partition coefficient (Wildman–Crippen LogP) is 3.74. The minimum absolute atomic E-state index is 0.0110. The fourth-order valence-corrected chi connectivity index (χ4v) is 3.92.